The summed E-state index contributed by atoms with van der Waals surface area (Å²) in [5.41, 5.74) is 6.48. The van der Waals surface area contributed by atoms with E-state index in [1.165, 1.54) is 0 Å². The number of nitrogens with two attached hydrogens (primary N) is 1. The molecule has 0 saturated carbocycles. The smallest absolute Gasteiger partial charge is 0.410 e. The van der Waals surface area contributed by atoms with E-state index < -0.39 is 5.60 Å². The van der Waals surface area contributed by atoms with Crippen LogP contribution in [0.2, 0.25) is 5.02 Å². The van der Waals surface area contributed by atoms with E-state index in [2.05, 4.69) is 15.9 Å². The van der Waals surface area contributed by atoms with Crippen LogP contribution in [0.3, 0.4) is 0 Å². The van der Waals surface area contributed by atoms with E-state index in [0.717, 1.165) is 16.5 Å². The minimum Gasteiger partial charge on any atom is -0.444 e. The maximum absolute atomic E-state index is 12.5. The zero-order valence-electron chi connectivity index (χ0n) is 13.1. The number of carbonyl (C=O) groups is 1. The number of nitrogens with zero attached hydrogens (tertiary/aromatic N) is 1. The highest BCUT2D eigenvalue weighted by Crippen LogP contribution is 2.38. The molecule has 0 radical (unpaired) electrons. The maximum Gasteiger partial charge on any atom is 0.410 e. The van der Waals surface area contributed by atoms with Gasteiger partial charge in [-0.25, -0.2) is 4.79 Å². The summed E-state index contributed by atoms with van der Waals surface area (Å²) in [5.74, 6) is 0. The third-order valence-corrected chi connectivity index (χ3v) is 4.92. The van der Waals surface area contributed by atoms with Gasteiger partial charge < -0.3 is 15.4 Å². The van der Waals surface area contributed by atoms with E-state index in [4.69, 9.17) is 22.1 Å². The first-order valence-electron chi connectivity index (χ1n) is 7.38. The first-order valence-corrected chi connectivity index (χ1v) is 8.55. The van der Waals surface area contributed by atoms with Crippen molar-refractivity contribution in [3.8, 4) is 0 Å². The Morgan fingerprint density at radius 1 is 1.45 bits per heavy atom. The van der Waals surface area contributed by atoms with Crippen molar-refractivity contribution in [2.75, 3.05) is 6.54 Å². The fourth-order valence-electron chi connectivity index (χ4n) is 2.60. The summed E-state index contributed by atoms with van der Waals surface area (Å²) in [6.45, 7) is 6.16. The molecule has 1 heterocycles. The number of rotatable bonds is 1. The molecule has 22 heavy (non-hydrogen) atoms. The third kappa shape index (κ3) is 4.15. The van der Waals surface area contributed by atoms with Crippen molar-refractivity contribution in [1.29, 1.82) is 0 Å². The van der Waals surface area contributed by atoms with Gasteiger partial charge in [-0.15, -0.1) is 0 Å². The molecule has 4 nitrogen and oxygen atoms in total. The van der Waals surface area contributed by atoms with E-state index in [-0.39, 0.29) is 18.2 Å². The fourth-order valence-corrected chi connectivity index (χ4v) is 3.24. The monoisotopic (exact) mass is 388 g/mol. The summed E-state index contributed by atoms with van der Waals surface area (Å²) in [5, 5.41) is 0.621. The summed E-state index contributed by atoms with van der Waals surface area (Å²) in [4.78, 5) is 14.2. The van der Waals surface area contributed by atoms with Crippen LogP contribution in [0.4, 0.5) is 4.79 Å². The van der Waals surface area contributed by atoms with Crippen molar-refractivity contribution in [3.63, 3.8) is 0 Å². The molecule has 1 amide bonds. The molecule has 1 aromatic carbocycles. The molecular formula is C16H22BrClN2O2. The van der Waals surface area contributed by atoms with Crippen LogP contribution in [0.25, 0.3) is 0 Å². The van der Waals surface area contributed by atoms with Crippen molar-refractivity contribution in [2.45, 2.75) is 51.3 Å². The van der Waals surface area contributed by atoms with Crippen LogP contribution in [-0.2, 0) is 4.74 Å². The largest absolute Gasteiger partial charge is 0.444 e. The predicted octanol–water partition coefficient (Wildman–Crippen LogP) is 4.50. The Kier molecular flexibility index (Phi) is 5.41. The summed E-state index contributed by atoms with van der Waals surface area (Å²) in [6, 6.07) is 5.63. The Hall–Kier alpha value is -0.780. The maximum atomic E-state index is 12.5. The van der Waals surface area contributed by atoms with Gasteiger partial charge in [-0.05, 0) is 61.2 Å². The summed E-state index contributed by atoms with van der Waals surface area (Å²) in [7, 11) is 0. The van der Waals surface area contributed by atoms with Crippen LogP contribution in [0, 0.1) is 0 Å². The number of amides is 1. The number of piperidine rings is 1. The molecule has 2 atom stereocenters. The highest BCUT2D eigenvalue weighted by atomic mass is 79.9. The molecule has 2 unspecified atom stereocenters. The van der Waals surface area contributed by atoms with Crippen LogP contribution in [0.1, 0.15) is 45.2 Å². The van der Waals surface area contributed by atoms with Crippen molar-refractivity contribution < 1.29 is 9.53 Å². The molecular weight excluding hydrogens is 368 g/mol. The number of hydrogen-bond acceptors (Lipinski definition) is 3. The number of benzene rings is 1. The quantitative estimate of drug-likeness (QED) is 0.769. The van der Waals surface area contributed by atoms with E-state index in [1.54, 1.807) is 4.90 Å². The normalized spacial score (nSPS) is 22.5. The lowest BCUT2D eigenvalue weighted by molar-refractivity contribution is 0.00798. The second kappa shape index (κ2) is 6.77. The fraction of sp³-hybridized carbons (Fsp3) is 0.562. The number of hydrogen-bond donors (Lipinski definition) is 1. The van der Waals surface area contributed by atoms with Gasteiger partial charge in [0.15, 0.2) is 0 Å². The van der Waals surface area contributed by atoms with E-state index >= 15 is 0 Å². The van der Waals surface area contributed by atoms with Gasteiger partial charge in [-0.1, -0.05) is 23.7 Å². The Bertz CT molecular complexity index is 560. The van der Waals surface area contributed by atoms with Crippen LogP contribution in [0.5, 0.6) is 0 Å². The van der Waals surface area contributed by atoms with Crippen molar-refractivity contribution in [2.24, 2.45) is 5.73 Å². The van der Waals surface area contributed by atoms with Gasteiger partial charge in [0.25, 0.3) is 0 Å². The second-order valence-electron chi connectivity index (χ2n) is 6.62. The van der Waals surface area contributed by atoms with Crippen LogP contribution in [0.15, 0.2) is 22.7 Å². The predicted molar refractivity (Wildman–Crippen MR) is 92.0 cm³/mol. The summed E-state index contributed by atoms with van der Waals surface area (Å²) < 4.78 is 6.34. The Labute approximate surface area is 145 Å². The molecule has 1 aliphatic rings. The Morgan fingerprint density at radius 2 is 2.14 bits per heavy atom. The molecule has 1 fully saturated rings. The lowest BCUT2D eigenvalue weighted by atomic mass is 9.92. The highest BCUT2D eigenvalue weighted by Gasteiger charge is 2.35. The van der Waals surface area contributed by atoms with Crippen molar-refractivity contribution in [3.05, 3.63) is 33.3 Å². The Morgan fingerprint density at radius 3 is 2.77 bits per heavy atom. The lowest BCUT2D eigenvalue weighted by Crippen LogP contribution is -2.47. The molecule has 1 aromatic rings. The lowest BCUT2D eigenvalue weighted by Gasteiger charge is -2.39. The number of carbonyl (C=O) groups excluding carboxylic acids is 1. The van der Waals surface area contributed by atoms with Crippen molar-refractivity contribution in [1.82, 2.24) is 4.90 Å². The standard InChI is InChI=1S/C16H22BrClN2O2/c1-16(2,3)22-15(21)20-8-7-10(19)9-13(20)11-5-4-6-12(17)14(11)18/h4-6,10,13H,7-9,19H2,1-3H3. The Balaban J connectivity index is 2.31. The van der Waals surface area contributed by atoms with Gasteiger partial charge in [0.2, 0.25) is 0 Å². The molecule has 0 aromatic heterocycles. The van der Waals surface area contributed by atoms with Crippen LogP contribution < -0.4 is 5.73 Å². The number of likely N-dealkylation sites (tertiary alicyclic amines) is 1. The first-order chi connectivity index (χ1) is 10.2. The van der Waals surface area contributed by atoms with Gasteiger partial charge in [0.1, 0.15) is 5.60 Å². The highest BCUT2D eigenvalue weighted by molar-refractivity contribution is 9.10. The van der Waals surface area contributed by atoms with Gasteiger partial charge in [-0.2, -0.15) is 0 Å². The van der Waals surface area contributed by atoms with E-state index in [0.29, 0.717) is 18.0 Å². The van der Waals surface area contributed by atoms with E-state index in [9.17, 15) is 4.79 Å². The molecule has 6 heteroatoms. The minimum absolute atomic E-state index is 0.0544. The molecule has 122 valence electrons. The van der Waals surface area contributed by atoms with E-state index in [1.807, 2.05) is 39.0 Å². The molecule has 2 N–H and O–H groups in total. The average Bonchev–Trinajstić information content (AvgIpc) is 2.39. The second-order valence-corrected chi connectivity index (χ2v) is 7.85. The molecule has 1 saturated heterocycles. The summed E-state index contributed by atoms with van der Waals surface area (Å²) >= 11 is 9.85. The SMILES string of the molecule is CC(C)(C)OC(=O)N1CCC(N)CC1c1cccc(Br)c1Cl. The van der Waals surface area contributed by atoms with Gasteiger partial charge >= 0.3 is 6.09 Å². The zero-order valence-corrected chi connectivity index (χ0v) is 15.4. The van der Waals surface area contributed by atoms with Crippen LogP contribution >= 0.6 is 27.5 Å². The molecule has 0 bridgehead atoms. The van der Waals surface area contributed by atoms with Gasteiger partial charge in [0, 0.05) is 17.1 Å². The van der Waals surface area contributed by atoms with Crippen LogP contribution in [-0.4, -0.2) is 29.2 Å². The van der Waals surface area contributed by atoms with Gasteiger partial charge in [-0.3, -0.25) is 0 Å². The molecule has 0 spiro atoms. The average molecular weight is 390 g/mol. The molecule has 1 aliphatic heterocycles. The number of halogens is 2. The van der Waals surface area contributed by atoms with Crippen molar-refractivity contribution >= 4 is 33.6 Å². The van der Waals surface area contributed by atoms with Gasteiger partial charge in [0.05, 0.1) is 11.1 Å². The minimum atomic E-state index is -0.526. The molecule has 0 aliphatic carbocycles. The zero-order chi connectivity index (χ0) is 16.5. The first kappa shape index (κ1) is 17.6. The molecule has 2 rings (SSSR count). The summed E-state index contributed by atoms with van der Waals surface area (Å²) in [6.07, 6.45) is 1.12. The third-order valence-electron chi connectivity index (χ3n) is 3.61. The topological polar surface area (TPSA) is 55.6 Å². The number of ether oxygens (including phenoxy) is 1.